The Morgan fingerprint density at radius 1 is 1.23 bits per heavy atom. The lowest BCUT2D eigenvalue weighted by Crippen LogP contribution is -2.56. The molecule has 6 heteroatoms. The Morgan fingerprint density at radius 3 is 2.32 bits per heavy atom. The van der Waals surface area contributed by atoms with Crippen LogP contribution in [-0.2, 0) is 14.3 Å². The van der Waals surface area contributed by atoms with Gasteiger partial charge in [-0.3, -0.25) is 4.90 Å². The van der Waals surface area contributed by atoms with E-state index < -0.39 is 17.2 Å². The van der Waals surface area contributed by atoms with E-state index >= 15 is 0 Å². The number of methoxy groups -OCH3 is 1. The lowest BCUT2D eigenvalue weighted by Gasteiger charge is -2.38. The summed E-state index contributed by atoms with van der Waals surface area (Å²) in [4.78, 5) is 26.7. The number of halogens is 1. The van der Waals surface area contributed by atoms with Crippen molar-refractivity contribution >= 4 is 28.0 Å². The Balaban J connectivity index is 2.26. The van der Waals surface area contributed by atoms with Crippen LogP contribution in [0.15, 0.2) is 0 Å². The minimum atomic E-state index is -0.874. The summed E-state index contributed by atoms with van der Waals surface area (Å²) in [5.41, 5.74) is -1.34. The van der Waals surface area contributed by atoms with E-state index in [1.54, 1.807) is 4.90 Å². The molecule has 1 heterocycles. The molecular weight excluding hydrogens is 350 g/mol. The lowest BCUT2D eigenvalue weighted by molar-refractivity contribution is -0.154. The Labute approximate surface area is 140 Å². The van der Waals surface area contributed by atoms with E-state index in [1.165, 1.54) is 7.11 Å². The maximum Gasteiger partial charge on any atom is 0.411 e. The van der Waals surface area contributed by atoms with Crippen LogP contribution in [0, 0.1) is 5.41 Å². The first-order chi connectivity index (χ1) is 10.2. The zero-order valence-electron chi connectivity index (χ0n) is 13.9. The molecule has 0 spiro atoms. The molecular formula is C16H26BrNO4. The highest BCUT2D eigenvalue weighted by molar-refractivity contribution is 9.09. The fourth-order valence-corrected chi connectivity index (χ4v) is 4.03. The molecule has 1 saturated heterocycles. The largest absolute Gasteiger partial charge is 0.467 e. The van der Waals surface area contributed by atoms with Gasteiger partial charge in [0.1, 0.15) is 11.1 Å². The van der Waals surface area contributed by atoms with Gasteiger partial charge in [0.05, 0.1) is 7.11 Å². The summed E-state index contributed by atoms with van der Waals surface area (Å²) >= 11 is 3.55. The van der Waals surface area contributed by atoms with Crippen molar-refractivity contribution in [3.63, 3.8) is 0 Å². The van der Waals surface area contributed by atoms with Crippen LogP contribution in [0.3, 0.4) is 0 Å². The summed E-state index contributed by atoms with van der Waals surface area (Å²) in [6.07, 6.45) is 3.84. The molecule has 1 saturated carbocycles. The average Bonchev–Trinajstić information content (AvgIpc) is 3.06. The maximum absolute atomic E-state index is 12.6. The second-order valence-electron chi connectivity index (χ2n) is 7.57. The maximum atomic E-state index is 12.6. The molecule has 0 aromatic carbocycles. The van der Waals surface area contributed by atoms with Crippen molar-refractivity contribution in [2.75, 3.05) is 19.0 Å². The Kier molecular flexibility index (Phi) is 4.81. The first-order valence-corrected chi connectivity index (χ1v) is 8.95. The molecule has 0 N–H and O–H groups in total. The number of alkyl halides is 1. The van der Waals surface area contributed by atoms with Crippen molar-refractivity contribution < 1.29 is 19.1 Å². The van der Waals surface area contributed by atoms with Crippen LogP contribution in [0.2, 0.25) is 0 Å². The fourth-order valence-electron chi connectivity index (χ4n) is 3.27. The van der Waals surface area contributed by atoms with Crippen molar-refractivity contribution in [3.8, 4) is 0 Å². The molecule has 1 aliphatic heterocycles. The van der Waals surface area contributed by atoms with Gasteiger partial charge in [-0.2, -0.15) is 0 Å². The highest BCUT2D eigenvalue weighted by atomic mass is 79.9. The SMILES string of the molecule is COC(=O)C1(CC2(CBr)CC2)CCCN1C(=O)OC(C)(C)C. The molecule has 22 heavy (non-hydrogen) atoms. The molecule has 2 aliphatic rings. The van der Waals surface area contributed by atoms with Gasteiger partial charge in [-0.25, -0.2) is 9.59 Å². The van der Waals surface area contributed by atoms with Crippen LogP contribution in [0.5, 0.6) is 0 Å². The number of rotatable bonds is 4. The van der Waals surface area contributed by atoms with Gasteiger partial charge in [0, 0.05) is 11.9 Å². The summed E-state index contributed by atoms with van der Waals surface area (Å²) < 4.78 is 10.6. The highest BCUT2D eigenvalue weighted by Gasteiger charge is 2.58. The van der Waals surface area contributed by atoms with Crippen LogP contribution in [0.4, 0.5) is 4.79 Å². The summed E-state index contributed by atoms with van der Waals surface area (Å²) in [6.45, 7) is 6.05. The number of ether oxygens (including phenoxy) is 2. The van der Waals surface area contributed by atoms with Gasteiger partial charge in [0.25, 0.3) is 0 Å². The van der Waals surface area contributed by atoms with Gasteiger partial charge in [-0.1, -0.05) is 15.9 Å². The monoisotopic (exact) mass is 375 g/mol. The molecule has 2 rings (SSSR count). The quantitative estimate of drug-likeness (QED) is 0.557. The third-order valence-electron chi connectivity index (χ3n) is 4.58. The Hall–Kier alpha value is -0.780. The number of nitrogens with zero attached hydrogens (tertiary/aromatic N) is 1. The van der Waals surface area contributed by atoms with E-state index in [4.69, 9.17) is 9.47 Å². The van der Waals surface area contributed by atoms with Crippen LogP contribution in [-0.4, -0.2) is 47.1 Å². The first-order valence-electron chi connectivity index (χ1n) is 7.83. The number of likely N-dealkylation sites (tertiary alicyclic amines) is 1. The Morgan fingerprint density at radius 2 is 1.86 bits per heavy atom. The van der Waals surface area contributed by atoms with Crippen molar-refractivity contribution in [2.45, 2.75) is 64.0 Å². The molecule has 2 fully saturated rings. The van der Waals surface area contributed by atoms with E-state index in [-0.39, 0.29) is 11.4 Å². The van der Waals surface area contributed by atoms with Crippen LogP contribution >= 0.6 is 15.9 Å². The topological polar surface area (TPSA) is 55.8 Å². The van der Waals surface area contributed by atoms with Crippen LogP contribution in [0.25, 0.3) is 0 Å². The van der Waals surface area contributed by atoms with Crippen molar-refractivity contribution in [3.05, 3.63) is 0 Å². The zero-order chi connectivity index (χ0) is 16.6. The molecule has 5 nitrogen and oxygen atoms in total. The predicted molar refractivity (Wildman–Crippen MR) is 87.0 cm³/mol. The summed E-state index contributed by atoms with van der Waals surface area (Å²) in [6, 6.07) is 0. The minimum absolute atomic E-state index is 0.110. The molecule has 0 aromatic rings. The van der Waals surface area contributed by atoms with E-state index in [0.29, 0.717) is 19.4 Å². The fraction of sp³-hybridized carbons (Fsp3) is 0.875. The molecule has 0 aromatic heterocycles. The number of carbonyl (C=O) groups is 2. The normalized spacial score (nSPS) is 26.7. The summed E-state index contributed by atoms with van der Waals surface area (Å²) in [5.74, 6) is -0.317. The third-order valence-corrected chi connectivity index (χ3v) is 5.77. The molecule has 126 valence electrons. The Bertz CT molecular complexity index is 456. The standard InChI is InChI=1S/C16H26BrNO4/c1-14(2,3)22-13(20)18-9-5-6-16(18,12(19)21-4)10-15(11-17)7-8-15/h5-11H2,1-4H3. The van der Waals surface area contributed by atoms with Crippen LogP contribution < -0.4 is 0 Å². The predicted octanol–water partition coefficient (Wildman–Crippen LogP) is 3.49. The van der Waals surface area contributed by atoms with E-state index in [1.807, 2.05) is 20.8 Å². The van der Waals surface area contributed by atoms with Gasteiger partial charge in [-0.05, 0) is 58.3 Å². The second kappa shape index (κ2) is 6.02. The van der Waals surface area contributed by atoms with E-state index in [2.05, 4.69) is 15.9 Å². The van der Waals surface area contributed by atoms with Crippen LogP contribution in [0.1, 0.15) is 52.9 Å². The molecule has 1 unspecified atom stereocenters. The number of hydrogen-bond donors (Lipinski definition) is 0. The highest BCUT2D eigenvalue weighted by Crippen LogP contribution is 2.55. The van der Waals surface area contributed by atoms with Crippen molar-refractivity contribution in [2.24, 2.45) is 5.41 Å². The smallest absolute Gasteiger partial charge is 0.411 e. The van der Waals surface area contributed by atoms with Gasteiger partial charge in [0.2, 0.25) is 0 Å². The summed E-state index contributed by atoms with van der Waals surface area (Å²) in [7, 11) is 1.39. The first kappa shape index (κ1) is 17.6. The van der Waals surface area contributed by atoms with E-state index in [9.17, 15) is 9.59 Å². The van der Waals surface area contributed by atoms with E-state index in [0.717, 1.165) is 24.6 Å². The summed E-state index contributed by atoms with van der Waals surface area (Å²) in [5, 5.41) is 0.848. The molecule has 1 atom stereocenters. The average molecular weight is 376 g/mol. The number of hydrogen-bond acceptors (Lipinski definition) is 4. The van der Waals surface area contributed by atoms with Gasteiger partial charge >= 0.3 is 12.1 Å². The van der Waals surface area contributed by atoms with Gasteiger partial charge in [0.15, 0.2) is 0 Å². The lowest BCUT2D eigenvalue weighted by atomic mass is 9.84. The number of esters is 1. The minimum Gasteiger partial charge on any atom is -0.467 e. The zero-order valence-corrected chi connectivity index (χ0v) is 15.5. The van der Waals surface area contributed by atoms with Crippen molar-refractivity contribution in [1.29, 1.82) is 0 Å². The number of amides is 1. The molecule has 1 aliphatic carbocycles. The molecule has 1 amide bonds. The number of carbonyl (C=O) groups excluding carboxylic acids is 2. The van der Waals surface area contributed by atoms with Gasteiger partial charge < -0.3 is 9.47 Å². The second-order valence-corrected chi connectivity index (χ2v) is 8.13. The van der Waals surface area contributed by atoms with Crippen molar-refractivity contribution in [1.82, 2.24) is 4.90 Å². The molecule has 0 bridgehead atoms. The van der Waals surface area contributed by atoms with Gasteiger partial charge in [-0.15, -0.1) is 0 Å². The third kappa shape index (κ3) is 3.42. The molecule has 0 radical (unpaired) electrons.